The van der Waals surface area contributed by atoms with Gasteiger partial charge in [0.15, 0.2) is 0 Å². The molecule has 3 aromatic carbocycles. The topological polar surface area (TPSA) is 61.2 Å². The van der Waals surface area contributed by atoms with Gasteiger partial charge in [0.25, 0.3) is 10.0 Å². The van der Waals surface area contributed by atoms with Gasteiger partial charge in [-0.25, -0.2) is 17.4 Å². The van der Waals surface area contributed by atoms with E-state index in [0.29, 0.717) is 34.6 Å². The minimum Gasteiger partial charge on any atom is -0.496 e. The van der Waals surface area contributed by atoms with Gasteiger partial charge >= 0.3 is 0 Å². The van der Waals surface area contributed by atoms with Gasteiger partial charge in [0.2, 0.25) is 0 Å². The first-order valence-electron chi connectivity index (χ1n) is 9.33. The van der Waals surface area contributed by atoms with Crippen LogP contribution in [0.4, 0.5) is 0 Å². The summed E-state index contributed by atoms with van der Waals surface area (Å²) in [7, 11) is -2.27. The van der Waals surface area contributed by atoms with E-state index in [9.17, 15) is 8.42 Å². The predicted octanol–water partition coefficient (Wildman–Crippen LogP) is 4.49. The van der Waals surface area contributed by atoms with Crippen LogP contribution in [0.15, 0.2) is 71.6 Å². The van der Waals surface area contributed by atoms with Crippen LogP contribution in [-0.4, -0.2) is 24.5 Å². The number of hydrogen-bond donors (Lipinski definition) is 0. The third-order valence-corrected chi connectivity index (χ3v) is 6.88. The van der Waals surface area contributed by atoms with Gasteiger partial charge in [-0.1, -0.05) is 42.5 Å². The molecule has 0 spiro atoms. The molecule has 0 atom stereocenters. The molecule has 0 N–H and O–H groups in total. The van der Waals surface area contributed by atoms with Gasteiger partial charge in [-0.15, -0.1) is 0 Å². The van der Waals surface area contributed by atoms with Crippen molar-refractivity contribution in [3.63, 3.8) is 0 Å². The lowest BCUT2D eigenvalue weighted by atomic mass is 10.1. The fourth-order valence-electron chi connectivity index (χ4n) is 3.57. The number of imidazole rings is 1. The highest BCUT2D eigenvalue weighted by molar-refractivity contribution is 7.90. The van der Waals surface area contributed by atoms with Gasteiger partial charge in [-0.2, -0.15) is 0 Å². The van der Waals surface area contributed by atoms with Crippen LogP contribution < -0.4 is 4.74 Å². The molecule has 0 amide bonds. The summed E-state index contributed by atoms with van der Waals surface area (Å²) < 4.78 is 34.3. The van der Waals surface area contributed by atoms with Crippen molar-refractivity contribution in [2.24, 2.45) is 0 Å². The molecule has 0 fully saturated rings. The van der Waals surface area contributed by atoms with Crippen LogP contribution in [0.5, 0.6) is 5.75 Å². The molecular weight excluding hydrogens is 384 g/mol. The highest BCUT2D eigenvalue weighted by Gasteiger charge is 2.26. The second-order valence-electron chi connectivity index (χ2n) is 7.04. The van der Waals surface area contributed by atoms with E-state index < -0.39 is 10.0 Å². The molecule has 4 rings (SSSR count). The van der Waals surface area contributed by atoms with Crippen LogP contribution in [-0.2, 0) is 16.4 Å². The van der Waals surface area contributed by atoms with Crippen LogP contribution in [0.1, 0.15) is 22.5 Å². The number of aromatic nitrogens is 2. The lowest BCUT2D eigenvalue weighted by molar-refractivity contribution is 0.411. The summed E-state index contributed by atoms with van der Waals surface area (Å²) in [6.45, 7) is 3.62. The van der Waals surface area contributed by atoms with Crippen LogP contribution in [0.2, 0.25) is 0 Å². The van der Waals surface area contributed by atoms with Crippen LogP contribution in [0.25, 0.3) is 11.0 Å². The highest BCUT2D eigenvalue weighted by Crippen LogP contribution is 2.30. The number of ether oxygens (including phenoxy) is 1. The number of benzene rings is 3. The third kappa shape index (κ3) is 3.40. The quantitative estimate of drug-likeness (QED) is 0.490. The van der Waals surface area contributed by atoms with E-state index >= 15 is 0 Å². The second kappa shape index (κ2) is 7.37. The van der Waals surface area contributed by atoms with Crippen LogP contribution >= 0.6 is 0 Å². The Bertz CT molecular complexity index is 1290. The van der Waals surface area contributed by atoms with E-state index in [2.05, 4.69) is 4.98 Å². The average Bonchev–Trinajstić information content (AvgIpc) is 3.08. The fraction of sp³-hybridized carbons (Fsp3) is 0.174. The fourth-order valence-corrected chi connectivity index (χ4v) is 5.36. The summed E-state index contributed by atoms with van der Waals surface area (Å²) in [5, 5.41) is 0. The standard InChI is InChI=1S/C23H22N2O3S/c1-16-14-22(17(2)13-21(16)28-3)29(26,27)25-20-12-8-7-11-19(20)24-23(25)15-18-9-5-4-6-10-18/h4-14H,15H2,1-3H3. The number of hydrogen-bond acceptors (Lipinski definition) is 4. The molecule has 0 bridgehead atoms. The van der Waals surface area contributed by atoms with Crippen molar-refractivity contribution in [1.82, 2.24) is 8.96 Å². The molecule has 4 aromatic rings. The summed E-state index contributed by atoms with van der Waals surface area (Å²) in [5.74, 6) is 1.16. The summed E-state index contributed by atoms with van der Waals surface area (Å²) in [5.41, 5.74) is 3.64. The molecule has 148 valence electrons. The van der Waals surface area contributed by atoms with Crippen LogP contribution in [0, 0.1) is 13.8 Å². The van der Waals surface area contributed by atoms with Crippen molar-refractivity contribution in [2.45, 2.75) is 25.2 Å². The number of para-hydroxylation sites is 2. The van der Waals surface area contributed by atoms with Crippen molar-refractivity contribution >= 4 is 21.1 Å². The molecule has 5 nitrogen and oxygen atoms in total. The third-order valence-electron chi connectivity index (χ3n) is 5.00. The lowest BCUT2D eigenvalue weighted by Gasteiger charge is -2.15. The molecule has 0 aliphatic carbocycles. The van der Waals surface area contributed by atoms with Crippen LogP contribution in [0.3, 0.4) is 0 Å². The van der Waals surface area contributed by atoms with E-state index in [1.165, 1.54) is 3.97 Å². The SMILES string of the molecule is COc1cc(C)c(S(=O)(=O)n2c(Cc3ccccc3)nc3ccccc32)cc1C. The maximum atomic E-state index is 13.8. The van der Waals surface area contributed by atoms with Gasteiger partial charge in [0, 0.05) is 6.42 Å². The molecule has 0 aliphatic heterocycles. The zero-order valence-electron chi connectivity index (χ0n) is 16.6. The number of aryl methyl sites for hydroxylation is 2. The molecule has 0 unspecified atom stereocenters. The molecule has 0 radical (unpaired) electrons. The number of fused-ring (bicyclic) bond motifs is 1. The molecule has 0 saturated carbocycles. The predicted molar refractivity (Wildman–Crippen MR) is 114 cm³/mol. The Labute approximate surface area is 170 Å². The number of rotatable bonds is 5. The minimum absolute atomic E-state index is 0.258. The Morgan fingerprint density at radius 1 is 0.931 bits per heavy atom. The maximum absolute atomic E-state index is 13.8. The first-order valence-corrected chi connectivity index (χ1v) is 10.8. The number of nitrogens with zero attached hydrogens (tertiary/aromatic N) is 2. The van der Waals surface area contributed by atoms with E-state index in [0.717, 1.165) is 11.1 Å². The molecular formula is C23H22N2O3S. The van der Waals surface area contributed by atoms with E-state index in [4.69, 9.17) is 4.74 Å². The minimum atomic E-state index is -3.85. The van der Waals surface area contributed by atoms with Gasteiger partial charge in [-0.3, -0.25) is 0 Å². The summed E-state index contributed by atoms with van der Waals surface area (Å²) in [4.78, 5) is 4.90. The molecule has 6 heteroatoms. The second-order valence-corrected chi connectivity index (χ2v) is 8.79. The van der Waals surface area contributed by atoms with Crippen molar-refractivity contribution < 1.29 is 13.2 Å². The first-order chi connectivity index (χ1) is 13.9. The maximum Gasteiger partial charge on any atom is 0.269 e. The van der Waals surface area contributed by atoms with E-state index in [-0.39, 0.29) is 4.90 Å². The Morgan fingerprint density at radius 3 is 2.34 bits per heavy atom. The largest absolute Gasteiger partial charge is 0.496 e. The smallest absolute Gasteiger partial charge is 0.269 e. The highest BCUT2D eigenvalue weighted by atomic mass is 32.2. The number of methoxy groups -OCH3 is 1. The molecule has 29 heavy (non-hydrogen) atoms. The molecule has 0 aliphatic rings. The van der Waals surface area contributed by atoms with Crippen molar-refractivity contribution in [3.05, 3.63) is 89.2 Å². The zero-order valence-corrected chi connectivity index (χ0v) is 17.4. The Hall–Kier alpha value is -3.12. The normalized spacial score (nSPS) is 11.7. The Morgan fingerprint density at radius 2 is 1.62 bits per heavy atom. The summed E-state index contributed by atoms with van der Waals surface area (Å²) in [6.07, 6.45) is 0.420. The molecule has 1 aromatic heterocycles. The van der Waals surface area contributed by atoms with Gasteiger partial charge < -0.3 is 4.74 Å². The molecule has 1 heterocycles. The van der Waals surface area contributed by atoms with Crippen molar-refractivity contribution in [2.75, 3.05) is 7.11 Å². The van der Waals surface area contributed by atoms with Crippen molar-refractivity contribution in [1.29, 1.82) is 0 Å². The monoisotopic (exact) mass is 406 g/mol. The van der Waals surface area contributed by atoms with Gasteiger partial charge in [-0.05, 0) is 54.8 Å². The average molecular weight is 407 g/mol. The summed E-state index contributed by atoms with van der Waals surface area (Å²) in [6, 6.07) is 20.5. The summed E-state index contributed by atoms with van der Waals surface area (Å²) >= 11 is 0. The first kappa shape index (κ1) is 19.2. The van der Waals surface area contributed by atoms with Gasteiger partial charge in [0.05, 0.1) is 23.0 Å². The molecule has 0 saturated heterocycles. The van der Waals surface area contributed by atoms with Gasteiger partial charge in [0.1, 0.15) is 11.6 Å². The van der Waals surface area contributed by atoms with E-state index in [1.807, 2.05) is 55.5 Å². The zero-order chi connectivity index (χ0) is 20.6. The Kier molecular flexibility index (Phi) is 4.88. The van der Waals surface area contributed by atoms with E-state index in [1.54, 1.807) is 32.2 Å². The lowest BCUT2D eigenvalue weighted by Crippen LogP contribution is -2.18. The van der Waals surface area contributed by atoms with Crippen molar-refractivity contribution in [3.8, 4) is 5.75 Å². The Balaban J connectivity index is 1.95.